The third-order valence-electron chi connectivity index (χ3n) is 3.79. The van der Waals surface area contributed by atoms with Crippen LogP contribution >= 0.6 is 0 Å². The average Bonchev–Trinajstić information content (AvgIpc) is 3.11. The number of rotatable bonds is 5. The third-order valence-corrected chi connectivity index (χ3v) is 4.71. The Kier molecular flexibility index (Phi) is 4.18. The molecule has 2 aromatic carbocycles. The molecule has 0 fully saturated rings. The summed E-state index contributed by atoms with van der Waals surface area (Å²) >= 11 is 0. The van der Waals surface area contributed by atoms with E-state index in [1.807, 2.05) is 30.3 Å². The number of nitrogens with two attached hydrogens (primary N) is 1. The van der Waals surface area contributed by atoms with Gasteiger partial charge in [0.1, 0.15) is 5.82 Å². The fraction of sp³-hybridized carbons (Fsp3) is 0. The van der Waals surface area contributed by atoms with Crippen molar-refractivity contribution < 1.29 is 8.42 Å². The number of H-pyrrole nitrogens is 1. The predicted octanol–water partition coefficient (Wildman–Crippen LogP) is 2.49. The molecular weight excluding hydrogens is 366 g/mol. The molecule has 0 unspecified atom stereocenters. The van der Waals surface area contributed by atoms with Crippen LogP contribution in [0.5, 0.6) is 0 Å². The minimum Gasteiger partial charge on any atom is -0.339 e. The standard InChI is InChI=1S/C17H15N7O2S/c18-27(25,26)13-8-6-12(7-9-13)20-15-14-10-19-24-16(14)23-17(22-15)21-11-4-2-1-3-5-11/h1-10H,(H2,18,25,26)(H3,19,20,21,22,23,24). The van der Waals surface area contributed by atoms with E-state index >= 15 is 0 Å². The van der Waals surface area contributed by atoms with Gasteiger partial charge in [0.2, 0.25) is 16.0 Å². The molecule has 0 aliphatic carbocycles. The lowest BCUT2D eigenvalue weighted by atomic mass is 10.3. The number of hydrogen-bond acceptors (Lipinski definition) is 7. The summed E-state index contributed by atoms with van der Waals surface area (Å²) in [4.78, 5) is 8.94. The Balaban J connectivity index is 1.67. The maximum atomic E-state index is 11.4. The van der Waals surface area contributed by atoms with Gasteiger partial charge in [-0.25, -0.2) is 13.6 Å². The molecule has 9 nitrogen and oxygen atoms in total. The third kappa shape index (κ3) is 3.71. The zero-order chi connectivity index (χ0) is 18.9. The van der Waals surface area contributed by atoms with Gasteiger partial charge in [0.25, 0.3) is 0 Å². The first-order valence-corrected chi connectivity index (χ1v) is 9.47. The van der Waals surface area contributed by atoms with Gasteiger partial charge < -0.3 is 10.6 Å². The largest absolute Gasteiger partial charge is 0.339 e. The topological polar surface area (TPSA) is 139 Å². The summed E-state index contributed by atoms with van der Waals surface area (Å²) in [6.07, 6.45) is 1.61. The lowest BCUT2D eigenvalue weighted by molar-refractivity contribution is 0.598. The Morgan fingerprint density at radius 2 is 1.59 bits per heavy atom. The molecule has 27 heavy (non-hydrogen) atoms. The van der Waals surface area contributed by atoms with Crippen molar-refractivity contribution in [3.63, 3.8) is 0 Å². The summed E-state index contributed by atoms with van der Waals surface area (Å²) in [5.41, 5.74) is 2.06. The molecule has 5 N–H and O–H groups in total. The zero-order valence-corrected chi connectivity index (χ0v) is 14.7. The summed E-state index contributed by atoms with van der Waals surface area (Å²) < 4.78 is 22.8. The first-order valence-electron chi connectivity index (χ1n) is 7.92. The van der Waals surface area contributed by atoms with Crippen LogP contribution < -0.4 is 15.8 Å². The zero-order valence-electron chi connectivity index (χ0n) is 13.9. The molecule has 0 aliphatic heterocycles. The van der Waals surface area contributed by atoms with Gasteiger partial charge in [-0.2, -0.15) is 15.1 Å². The van der Waals surface area contributed by atoms with Crippen molar-refractivity contribution in [3.05, 3.63) is 60.8 Å². The minimum atomic E-state index is -3.74. The monoisotopic (exact) mass is 381 g/mol. The van der Waals surface area contributed by atoms with Gasteiger partial charge in [0.15, 0.2) is 5.65 Å². The van der Waals surface area contributed by atoms with Crippen molar-refractivity contribution in [3.8, 4) is 0 Å². The molecule has 0 atom stereocenters. The molecule has 0 spiro atoms. The van der Waals surface area contributed by atoms with Crippen LogP contribution in [-0.2, 0) is 10.0 Å². The van der Waals surface area contributed by atoms with E-state index in [1.54, 1.807) is 18.3 Å². The molecule has 0 bridgehead atoms. The molecule has 4 aromatic rings. The molecule has 0 saturated heterocycles. The second kappa shape index (κ2) is 6.67. The second-order valence-electron chi connectivity index (χ2n) is 5.71. The number of aromatic amines is 1. The lowest BCUT2D eigenvalue weighted by Gasteiger charge is -2.10. The molecule has 0 amide bonds. The summed E-state index contributed by atoms with van der Waals surface area (Å²) in [6, 6.07) is 15.6. The molecule has 0 saturated carbocycles. The van der Waals surface area contributed by atoms with Crippen LogP contribution in [0.3, 0.4) is 0 Å². The van der Waals surface area contributed by atoms with Crippen molar-refractivity contribution in [2.24, 2.45) is 5.14 Å². The van der Waals surface area contributed by atoms with E-state index in [0.717, 1.165) is 5.69 Å². The van der Waals surface area contributed by atoms with E-state index < -0.39 is 10.0 Å². The highest BCUT2D eigenvalue weighted by atomic mass is 32.2. The van der Waals surface area contributed by atoms with Gasteiger partial charge in [0, 0.05) is 11.4 Å². The number of anilines is 4. The van der Waals surface area contributed by atoms with Crippen LogP contribution in [0.25, 0.3) is 11.0 Å². The van der Waals surface area contributed by atoms with Gasteiger partial charge in [0.05, 0.1) is 16.5 Å². The van der Waals surface area contributed by atoms with Crippen molar-refractivity contribution >= 4 is 44.2 Å². The Morgan fingerprint density at radius 3 is 2.30 bits per heavy atom. The van der Waals surface area contributed by atoms with Crippen LogP contribution in [0, 0.1) is 0 Å². The van der Waals surface area contributed by atoms with Crippen LogP contribution in [0.1, 0.15) is 0 Å². The van der Waals surface area contributed by atoms with Crippen LogP contribution in [-0.4, -0.2) is 28.6 Å². The minimum absolute atomic E-state index is 0.0376. The number of hydrogen-bond donors (Lipinski definition) is 4. The highest BCUT2D eigenvalue weighted by Crippen LogP contribution is 2.25. The van der Waals surface area contributed by atoms with Crippen molar-refractivity contribution in [2.75, 3.05) is 10.6 Å². The smallest absolute Gasteiger partial charge is 0.238 e. The maximum absolute atomic E-state index is 11.4. The van der Waals surface area contributed by atoms with E-state index in [9.17, 15) is 8.42 Å². The van der Waals surface area contributed by atoms with Gasteiger partial charge in [-0.05, 0) is 36.4 Å². The van der Waals surface area contributed by atoms with E-state index in [1.165, 1.54) is 12.1 Å². The van der Waals surface area contributed by atoms with Gasteiger partial charge in [-0.15, -0.1) is 0 Å². The number of fused-ring (bicyclic) bond motifs is 1. The first kappa shape index (κ1) is 16.9. The van der Waals surface area contributed by atoms with E-state index in [2.05, 4.69) is 30.8 Å². The fourth-order valence-electron chi connectivity index (χ4n) is 2.50. The van der Waals surface area contributed by atoms with Crippen molar-refractivity contribution in [2.45, 2.75) is 4.90 Å². The fourth-order valence-corrected chi connectivity index (χ4v) is 3.02. The van der Waals surface area contributed by atoms with E-state index in [-0.39, 0.29) is 4.90 Å². The van der Waals surface area contributed by atoms with E-state index in [4.69, 9.17) is 5.14 Å². The Morgan fingerprint density at radius 1 is 0.889 bits per heavy atom. The van der Waals surface area contributed by atoms with Crippen LogP contribution in [0.2, 0.25) is 0 Å². The number of primary sulfonamides is 1. The van der Waals surface area contributed by atoms with Gasteiger partial charge in [-0.3, -0.25) is 5.10 Å². The molecule has 4 rings (SSSR count). The highest BCUT2D eigenvalue weighted by molar-refractivity contribution is 7.89. The number of para-hydroxylation sites is 1. The van der Waals surface area contributed by atoms with E-state index in [0.29, 0.717) is 28.5 Å². The summed E-state index contributed by atoms with van der Waals surface area (Å²) in [6.45, 7) is 0. The number of benzene rings is 2. The van der Waals surface area contributed by atoms with Crippen molar-refractivity contribution in [1.29, 1.82) is 0 Å². The highest BCUT2D eigenvalue weighted by Gasteiger charge is 2.11. The molecule has 2 aromatic heterocycles. The summed E-state index contributed by atoms with van der Waals surface area (Å²) in [5, 5.41) is 18.9. The van der Waals surface area contributed by atoms with Crippen LogP contribution in [0.15, 0.2) is 65.7 Å². The Hall–Kier alpha value is -3.50. The summed E-state index contributed by atoms with van der Waals surface area (Å²) in [7, 11) is -3.74. The second-order valence-corrected chi connectivity index (χ2v) is 7.27. The van der Waals surface area contributed by atoms with Crippen LogP contribution in [0.4, 0.5) is 23.1 Å². The predicted molar refractivity (Wildman–Crippen MR) is 103 cm³/mol. The number of nitrogens with one attached hydrogen (secondary N) is 3. The van der Waals surface area contributed by atoms with Gasteiger partial charge in [-0.1, -0.05) is 18.2 Å². The molecule has 10 heteroatoms. The first-order chi connectivity index (χ1) is 13.0. The number of aromatic nitrogens is 4. The molecule has 2 heterocycles. The molecule has 0 radical (unpaired) electrons. The lowest BCUT2D eigenvalue weighted by Crippen LogP contribution is -2.11. The Bertz CT molecular complexity index is 1190. The molecular formula is C17H15N7O2S. The normalized spacial score (nSPS) is 11.4. The quantitative estimate of drug-likeness (QED) is 0.416. The summed E-state index contributed by atoms with van der Waals surface area (Å²) in [5.74, 6) is 0.914. The number of nitrogens with zero attached hydrogens (tertiary/aromatic N) is 3. The molecule has 136 valence electrons. The number of sulfonamides is 1. The SMILES string of the molecule is NS(=O)(=O)c1ccc(Nc2nc(Nc3ccccc3)nc3[nH]ncc23)cc1. The van der Waals surface area contributed by atoms with Crippen molar-refractivity contribution in [1.82, 2.24) is 20.2 Å². The molecule has 0 aliphatic rings. The Labute approximate surface area is 154 Å². The van der Waals surface area contributed by atoms with Gasteiger partial charge >= 0.3 is 0 Å². The maximum Gasteiger partial charge on any atom is 0.238 e. The average molecular weight is 381 g/mol.